The molecule has 32 heavy (non-hydrogen) atoms. The summed E-state index contributed by atoms with van der Waals surface area (Å²) >= 11 is 6.75. The summed E-state index contributed by atoms with van der Waals surface area (Å²) in [7, 11) is 0. The van der Waals surface area contributed by atoms with Gasteiger partial charge in [0.15, 0.2) is 10.2 Å². The van der Waals surface area contributed by atoms with E-state index in [4.69, 9.17) is 17.0 Å². The summed E-state index contributed by atoms with van der Waals surface area (Å²) in [4.78, 5) is 17.1. The monoisotopic (exact) mass is 461 g/mol. The van der Waals surface area contributed by atoms with Gasteiger partial charge in [0.05, 0.1) is 12.3 Å². The number of benzene rings is 3. The van der Waals surface area contributed by atoms with E-state index in [2.05, 4.69) is 53.7 Å². The van der Waals surface area contributed by atoms with Crippen molar-refractivity contribution in [1.29, 1.82) is 0 Å². The number of carbonyl (C=O) groups excluding carboxylic acids is 1. The van der Waals surface area contributed by atoms with Gasteiger partial charge in [0.2, 0.25) is 0 Å². The predicted molar refractivity (Wildman–Crippen MR) is 136 cm³/mol. The number of nitrogens with one attached hydrogen (secondary N) is 2. The van der Waals surface area contributed by atoms with Gasteiger partial charge in [-0.15, -0.1) is 11.3 Å². The molecular weight excluding hydrogens is 438 g/mol. The second-order valence-corrected chi connectivity index (χ2v) is 8.97. The standard InChI is InChI=1S/C25H23N3O2S2/c1-16(2)14-30-19-12-10-18(11-13-19)23(29)27-24(31)28-25-26-22(15-32-25)21-9-5-7-17-6-3-4-8-20(17)21/h3-13,15-16H,14H2,1-2H3,(H2,26,27,28,29,31). The van der Waals surface area contributed by atoms with Gasteiger partial charge in [-0.1, -0.05) is 56.3 Å². The second-order valence-electron chi connectivity index (χ2n) is 7.70. The number of hydrogen-bond acceptors (Lipinski definition) is 5. The molecule has 0 fully saturated rings. The highest BCUT2D eigenvalue weighted by molar-refractivity contribution is 7.80. The van der Waals surface area contributed by atoms with Crippen LogP contribution >= 0.6 is 23.6 Å². The minimum Gasteiger partial charge on any atom is -0.493 e. The largest absolute Gasteiger partial charge is 0.493 e. The molecule has 0 saturated carbocycles. The number of amides is 1. The van der Waals surface area contributed by atoms with Crippen LogP contribution < -0.4 is 15.4 Å². The van der Waals surface area contributed by atoms with Crippen molar-refractivity contribution in [1.82, 2.24) is 10.3 Å². The maximum atomic E-state index is 12.5. The minimum absolute atomic E-state index is 0.203. The van der Waals surface area contributed by atoms with E-state index in [1.165, 1.54) is 11.3 Å². The topological polar surface area (TPSA) is 63.2 Å². The van der Waals surface area contributed by atoms with Crippen molar-refractivity contribution in [2.24, 2.45) is 5.92 Å². The van der Waals surface area contributed by atoms with Crippen LogP contribution in [-0.2, 0) is 0 Å². The Balaban J connectivity index is 1.38. The van der Waals surface area contributed by atoms with Gasteiger partial charge in [-0.3, -0.25) is 10.1 Å². The van der Waals surface area contributed by atoms with E-state index in [9.17, 15) is 4.79 Å². The van der Waals surface area contributed by atoms with Crippen molar-refractivity contribution >= 4 is 50.5 Å². The van der Waals surface area contributed by atoms with Crippen molar-refractivity contribution in [3.63, 3.8) is 0 Å². The first kappa shape index (κ1) is 21.9. The molecule has 1 amide bonds. The van der Waals surface area contributed by atoms with Gasteiger partial charge < -0.3 is 10.1 Å². The van der Waals surface area contributed by atoms with Crippen LogP contribution in [0.15, 0.2) is 72.1 Å². The van der Waals surface area contributed by atoms with Crippen LogP contribution in [-0.4, -0.2) is 22.6 Å². The van der Waals surface area contributed by atoms with Crippen LogP contribution in [0, 0.1) is 5.92 Å². The fourth-order valence-corrected chi connectivity index (χ4v) is 4.14. The molecular formula is C25H23N3O2S2. The van der Waals surface area contributed by atoms with E-state index in [-0.39, 0.29) is 11.0 Å². The third-order valence-electron chi connectivity index (χ3n) is 4.72. The van der Waals surface area contributed by atoms with Crippen molar-refractivity contribution in [2.75, 3.05) is 11.9 Å². The lowest BCUT2D eigenvalue weighted by molar-refractivity contribution is 0.0977. The minimum atomic E-state index is -0.288. The van der Waals surface area contributed by atoms with Gasteiger partial charge in [-0.25, -0.2) is 4.98 Å². The number of hydrogen-bond donors (Lipinski definition) is 2. The molecule has 0 atom stereocenters. The maximum Gasteiger partial charge on any atom is 0.257 e. The van der Waals surface area contributed by atoms with Gasteiger partial charge in [0.1, 0.15) is 5.75 Å². The van der Waals surface area contributed by atoms with Gasteiger partial charge in [0.25, 0.3) is 5.91 Å². The third-order valence-corrected chi connectivity index (χ3v) is 5.68. The van der Waals surface area contributed by atoms with Crippen molar-refractivity contribution < 1.29 is 9.53 Å². The molecule has 7 heteroatoms. The van der Waals surface area contributed by atoms with E-state index in [1.54, 1.807) is 24.3 Å². The Morgan fingerprint density at radius 2 is 1.81 bits per heavy atom. The molecule has 1 aromatic heterocycles. The Morgan fingerprint density at radius 3 is 2.59 bits per heavy atom. The number of rotatable bonds is 6. The lowest BCUT2D eigenvalue weighted by atomic mass is 10.0. The second kappa shape index (κ2) is 9.89. The van der Waals surface area contributed by atoms with Crippen molar-refractivity contribution in [3.8, 4) is 17.0 Å². The SMILES string of the molecule is CC(C)COc1ccc(C(=O)NC(=S)Nc2nc(-c3cccc4ccccc34)cs2)cc1. The zero-order valence-corrected chi connectivity index (χ0v) is 19.4. The normalized spacial score (nSPS) is 10.8. The number of aromatic nitrogens is 1. The lowest BCUT2D eigenvalue weighted by Gasteiger charge is -2.10. The van der Waals surface area contributed by atoms with Gasteiger partial charge >= 0.3 is 0 Å². The van der Waals surface area contributed by atoms with E-state index in [0.717, 1.165) is 27.8 Å². The van der Waals surface area contributed by atoms with Crippen LogP contribution in [0.2, 0.25) is 0 Å². The summed E-state index contributed by atoms with van der Waals surface area (Å²) in [5.41, 5.74) is 2.42. The summed E-state index contributed by atoms with van der Waals surface area (Å²) in [6.45, 7) is 4.81. The Labute approximate surface area is 196 Å². The Morgan fingerprint density at radius 1 is 1.06 bits per heavy atom. The van der Waals surface area contributed by atoms with Gasteiger partial charge in [0, 0.05) is 16.5 Å². The highest BCUT2D eigenvalue weighted by Crippen LogP contribution is 2.30. The van der Waals surface area contributed by atoms with Gasteiger partial charge in [-0.05, 0) is 53.2 Å². The molecule has 0 saturated heterocycles. The molecule has 0 radical (unpaired) electrons. The number of thiazole rings is 1. The number of thiocarbonyl (C=S) groups is 1. The van der Waals surface area contributed by atoms with Crippen LogP contribution in [0.1, 0.15) is 24.2 Å². The maximum absolute atomic E-state index is 12.5. The quantitative estimate of drug-likeness (QED) is 0.339. The zero-order valence-electron chi connectivity index (χ0n) is 17.8. The van der Waals surface area contributed by atoms with Crippen LogP contribution in [0.4, 0.5) is 5.13 Å². The fourth-order valence-electron chi connectivity index (χ4n) is 3.17. The summed E-state index contributed by atoms with van der Waals surface area (Å²) in [6, 6.07) is 21.4. The summed E-state index contributed by atoms with van der Waals surface area (Å²) < 4.78 is 5.65. The highest BCUT2D eigenvalue weighted by Gasteiger charge is 2.12. The molecule has 0 unspecified atom stereocenters. The van der Waals surface area contributed by atoms with Crippen molar-refractivity contribution in [2.45, 2.75) is 13.8 Å². The van der Waals surface area contributed by atoms with E-state index in [0.29, 0.717) is 23.2 Å². The summed E-state index contributed by atoms with van der Waals surface area (Å²) in [5.74, 6) is 0.886. The number of fused-ring (bicyclic) bond motifs is 1. The van der Waals surface area contributed by atoms with Crippen LogP contribution in [0.3, 0.4) is 0 Å². The number of anilines is 1. The molecule has 4 aromatic rings. The summed E-state index contributed by atoms with van der Waals surface area (Å²) in [6.07, 6.45) is 0. The average molecular weight is 462 g/mol. The van der Waals surface area contributed by atoms with E-state index in [1.807, 2.05) is 23.6 Å². The molecule has 0 aliphatic carbocycles. The van der Waals surface area contributed by atoms with E-state index < -0.39 is 0 Å². The Hall–Kier alpha value is -3.29. The highest BCUT2D eigenvalue weighted by atomic mass is 32.1. The molecule has 5 nitrogen and oxygen atoms in total. The van der Waals surface area contributed by atoms with Crippen LogP contribution in [0.25, 0.3) is 22.0 Å². The zero-order chi connectivity index (χ0) is 22.5. The molecule has 0 bridgehead atoms. The van der Waals surface area contributed by atoms with Gasteiger partial charge in [-0.2, -0.15) is 0 Å². The summed E-state index contributed by atoms with van der Waals surface area (Å²) in [5, 5.41) is 10.8. The molecule has 0 aliphatic rings. The molecule has 0 spiro atoms. The molecule has 0 aliphatic heterocycles. The van der Waals surface area contributed by atoms with E-state index >= 15 is 0 Å². The Bertz CT molecular complexity index is 1240. The molecule has 2 N–H and O–H groups in total. The molecule has 3 aromatic carbocycles. The number of nitrogens with zero attached hydrogens (tertiary/aromatic N) is 1. The number of ether oxygens (including phenoxy) is 1. The third kappa shape index (κ3) is 5.30. The van der Waals surface area contributed by atoms with Crippen LogP contribution in [0.5, 0.6) is 5.75 Å². The first-order valence-corrected chi connectivity index (χ1v) is 11.6. The first-order valence-electron chi connectivity index (χ1n) is 10.3. The molecule has 1 heterocycles. The Kier molecular flexibility index (Phi) is 6.78. The number of carbonyl (C=O) groups is 1. The first-order chi connectivity index (χ1) is 15.5. The molecule has 4 rings (SSSR count). The lowest BCUT2D eigenvalue weighted by Crippen LogP contribution is -2.34. The predicted octanol–water partition coefficient (Wildman–Crippen LogP) is 6.12. The average Bonchev–Trinajstić information content (AvgIpc) is 3.25. The smallest absolute Gasteiger partial charge is 0.257 e. The van der Waals surface area contributed by atoms with Crippen molar-refractivity contribution in [3.05, 3.63) is 77.7 Å². The molecule has 162 valence electrons. The fraction of sp³-hybridized carbons (Fsp3) is 0.160.